The summed E-state index contributed by atoms with van der Waals surface area (Å²) in [4.78, 5) is 18.1. The maximum atomic E-state index is 12.1. The molecule has 21 heavy (non-hydrogen) atoms. The summed E-state index contributed by atoms with van der Waals surface area (Å²) in [6.45, 7) is 4.40. The summed E-state index contributed by atoms with van der Waals surface area (Å²) in [6, 6.07) is 0. The molecule has 1 N–H and O–H groups in total. The summed E-state index contributed by atoms with van der Waals surface area (Å²) in [5.41, 5.74) is 0.717. The molecule has 2 aliphatic rings. The summed E-state index contributed by atoms with van der Waals surface area (Å²) in [5, 5.41) is 3.31. The Morgan fingerprint density at radius 1 is 1.48 bits per heavy atom. The monoisotopic (exact) mass is 294 g/mol. The smallest absolute Gasteiger partial charge is 0.410 e. The van der Waals surface area contributed by atoms with Crippen LogP contribution < -0.4 is 5.32 Å². The second-order valence-corrected chi connectivity index (χ2v) is 5.73. The molecule has 7 nitrogen and oxygen atoms in total. The molecular formula is C14H22N4O3. The number of amides is 1. The first-order chi connectivity index (χ1) is 10.2. The quantitative estimate of drug-likeness (QED) is 0.861. The first-order valence-corrected chi connectivity index (χ1v) is 7.39. The minimum Gasteiger partial charge on any atom is -0.441 e. The van der Waals surface area contributed by atoms with Crippen molar-refractivity contribution < 1.29 is 14.3 Å². The molecule has 1 aromatic heterocycles. The van der Waals surface area contributed by atoms with Crippen molar-refractivity contribution in [1.29, 1.82) is 0 Å². The third-order valence-electron chi connectivity index (χ3n) is 4.24. The van der Waals surface area contributed by atoms with E-state index in [-0.39, 0.29) is 11.7 Å². The van der Waals surface area contributed by atoms with Crippen LogP contribution in [0, 0.1) is 0 Å². The Morgan fingerprint density at radius 2 is 2.29 bits per heavy atom. The summed E-state index contributed by atoms with van der Waals surface area (Å²) in [7, 11) is 1.68. The van der Waals surface area contributed by atoms with Crippen LogP contribution >= 0.6 is 0 Å². The van der Waals surface area contributed by atoms with Crippen LogP contribution in [0.1, 0.15) is 18.5 Å². The van der Waals surface area contributed by atoms with Gasteiger partial charge in [0.15, 0.2) is 0 Å². The van der Waals surface area contributed by atoms with Gasteiger partial charge in [-0.05, 0) is 13.1 Å². The topological polar surface area (TPSA) is 68.6 Å². The van der Waals surface area contributed by atoms with E-state index in [1.807, 2.05) is 4.57 Å². The summed E-state index contributed by atoms with van der Waals surface area (Å²) in [6.07, 6.45) is 5.14. The Kier molecular flexibility index (Phi) is 4.12. The number of nitrogens with one attached hydrogen (secondary N) is 1. The zero-order chi connectivity index (χ0) is 14.7. The molecule has 1 amide bonds. The number of ether oxygens (including phenoxy) is 2. The van der Waals surface area contributed by atoms with Gasteiger partial charge in [0.05, 0.1) is 31.7 Å². The van der Waals surface area contributed by atoms with Crippen LogP contribution in [0.3, 0.4) is 0 Å². The van der Waals surface area contributed by atoms with E-state index in [0.29, 0.717) is 19.7 Å². The number of hydrogen-bond donors (Lipinski definition) is 1. The Bertz CT molecular complexity index is 496. The molecule has 0 radical (unpaired) electrons. The summed E-state index contributed by atoms with van der Waals surface area (Å²) >= 11 is 0. The van der Waals surface area contributed by atoms with Gasteiger partial charge in [-0.2, -0.15) is 0 Å². The second kappa shape index (κ2) is 6.03. The van der Waals surface area contributed by atoms with Gasteiger partial charge in [-0.3, -0.25) is 4.90 Å². The highest BCUT2D eigenvalue weighted by Gasteiger charge is 2.45. The highest BCUT2D eigenvalue weighted by Crippen LogP contribution is 2.31. The fourth-order valence-corrected chi connectivity index (χ4v) is 3.02. The lowest BCUT2D eigenvalue weighted by molar-refractivity contribution is 0.0316. The van der Waals surface area contributed by atoms with E-state index in [2.05, 4.69) is 10.3 Å². The zero-order valence-electron chi connectivity index (χ0n) is 12.4. The van der Waals surface area contributed by atoms with Crippen LogP contribution in [-0.4, -0.2) is 59.5 Å². The Morgan fingerprint density at radius 3 is 3.05 bits per heavy atom. The molecule has 0 bridgehead atoms. The molecule has 3 heterocycles. The van der Waals surface area contributed by atoms with Crippen LogP contribution in [0.4, 0.5) is 4.79 Å². The predicted octanol–water partition coefficient (Wildman–Crippen LogP) is 0.604. The van der Waals surface area contributed by atoms with Gasteiger partial charge in [0.2, 0.25) is 0 Å². The number of hydrogen-bond acceptors (Lipinski definition) is 5. The number of rotatable bonds is 5. The molecule has 7 heteroatoms. The van der Waals surface area contributed by atoms with E-state index < -0.39 is 0 Å². The average molecular weight is 294 g/mol. The molecule has 0 unspecified atom stereocenters. The lowest BCUT2D eigenvalue weighted by Crippen LogP contribution is -2.44. The summed E-state index contributed by atoms with van der Waals surface area (Å²) in [5.74, 6) is 0. The molecular weight excluding hydrogens is 272 g/mol. The van der Waals surface area contributed by atoms with Crippen LogP contribution in [0.5, 0.6) is 0 Å². The van der Waals surface area contributed by atoms with E-state index >= 15 is 0 Å². The van der Waals surface area contributed by atoms with Crippen molar-refractivity contribution in [2.75, 3.05) is 33.4 Å². The van der Waals surface area contributed by atoms with E-state index in [1.54, 1.807) is 24.5 Å². The van der Waals surface area contributed by atoms with Gasteiger partial charge in [-0.1, -0.05) is 0 Å². The Hall–Kier alpha value is -1.60. The molecule has 0 atom stereocenters. The van der Waals surface area contributed by atoms with Crippen molar-refractivity contribution in [3.63, 3.8) is 0 Å². The molecule has 0 saturated carbocycles. The van der Waals surface area contributed by atoms with Gasteiger partial charge < -0.3 is 19.4 Å². The Balaban J connectivity index is 1.65. The highest BCUT2D eigenvalue weighted by molar-refractivity contribution is 5.70. The number of carbonyl (C=O) groups is 1. The number of piperidine rings is 1. The van der Waals surface area contributed by atoms with Crippen LogP contribution in [0.25, 0.3) is 0 Å². The maximum Gasteiger partial charge on any atom is 0.410 e. The summed E-state index contributed by atoms with van der Waals surface area (Å²) < 4.78 is 12.8. The van der Waals surface area contributed by atoms with Gasteiger partial charge in [0, 0.05) is 32.7 Å². The molecule has 2 saturated heterocycles. The number of methoxy groups -OCH3 is 1. The van der Waals surface area contributed by atoms with Crippen molar-refractivity contribution in [2.45, 2.75) is 31.5 Å². The van der Waals surface area contributed by atoms with E-state index in [0.717, 1.165) is 38.2 Å². The number of aromatic nitrogens is 2. The standard InChI is InChI=1S/C14H22N4O3/c1-20-7-6-17-11-16-8-12(17)9-18-10-14(21-13(18)19)2-4-15-5-3-14/h8,11,15H,2-7,9-10H2,1H3. The van der Waals surface area contributed by atoms with Gasteiger partial charge >= 0.3 is 6.09 Å². The zero-order valence-corrected chi connectivity index (χ0v) is 12.4. The number of nitrogens with zero attached hydrogens (tertiary/aromatic N) is 3. The first-order valence-electron chi connectivity index (χ1n) is 7.39. The van der Waals surface area contributed by atoms with Crippen molar-refractivity contribution in [3.05, 3.63) is 18.2 Å². The molecule has 0 aromatic carbocycles. The fourth-order valence-electron chi connectivity index (χ4n) is 3.02. The van der Waals surface area contributed by atoms with Crippen molar-refractivity contribution in [2.24, 2.45) is 0 Å². The second-order valence-electron chi connectivity index (χ2n) is 5.73. The number of imidazole rings is 1. The van der Waals surface area contributed by atoms with Crippen LogP contribution in [0.15, 0.2) is 12.5 Å². The van der Waals surface area contributed by atoms with Gasteiger partial charge in [-0.25, -0.2) is 9.78 Å². The van der Waals surface area contributed by atoms with Crippen molar-refractivity contribution in [1.82, 2.24) is 19.8 Å². The minimum atomic E-state index is -0.292. The molecule has 1 aromatic rings. The molecule has 116 valence electrons. The molecule has 2 fully saturated rings. The Labute approximate surface area is 124 Å². The van der Waals surface area contributed by atoms with Gasteiger partial charge in [-0.15, -0.1) is 0 Å². The SMILES string of the molecule is COCCn1cncc1CN1CC2(CCNCC2)OC1=O. The van der Waals surface area contributed by atoms with Gasteiger partial charge in [0.25, 0.3) is 0 Å². The van der Waals surface area contributed by atoms with Gasteiger partial charge in [0.1, 0.15) is 5.60 Å². The fraction of sp³-hybridized carbons (Fsp3) is 0.714. The third-order valence-corrected chi connectivity index (χ3v) is 4.24. The van der Waals surface area contributed by atoms with Crippen LogP contribution in [0.2, 0.25) is 0 Å². The average Bonchev–Trinajstić information content (AvgIpc) is 3.03. The van der Waals surface area contributed by atoms with E-state index in [9.17, 15) is 4.79 Å². The predicted molar refractivity (Wildman–Crippen MR) is 75.8 cm³/mol. The molecule has 2 aliphatic heterocycles. The maximum absolute atomic E-state index is 12.1. The molecule has 3 rings (SSSR count). The van der Waals surface area contributed by atoms with E-state index in [4.69, 9.17) is 9.47 Å². The van der Waals surface area contributed by atoms with Crippen molar-refractivity contribution in [3.8, 4) is 0 Å². The van der Waals surface area contributed by atoms with Crippen molar-refractivity contribution >= 4 is 6.09 Å². The first kappa shape index (κ1) is 14.3. The van der Waals surface area contributed by atoms with Crippen LogP contribution in [-0.2, 0) is 22.6 Å². The minimum absolute atomic E-state index is 0.212. The van der Waals surface area contributed by atoms with E-state index in [1.165, 1.54) is 0 Å². The largest absolute Gasteiger partial charge is 0.441 e. The lowest BCUT2D eigenvalue weighted by atomic mass is 9.92. The molecule has 0 aliphatic carbocycles. The lowest BCUT2D eigenvalue weighted by Gasteiger charge is -2.31. The molecule has 1 spiro atoms. The number of carbonyl (C=O) groups excluding carboxylic acids is 1. The third kappa shape index (κ3) is 3.03. The normalized spacial score (nSPS) is 21.0. The highest BCUT2D eigenvalue weighted by atomic mass is 16.6.